The van der Waals surface area contributed by atoms with Crippen molar-refractivity contribution >= 4 is 21.8 Å². The van der Waals surface area contributed by atoms with Gasteiger partial charge < -0.3 is 10.5 Å². The molecule has 0 bridgehead atoms. The van der Waals surface area contributed by atoms with Crippen LogP contribution in [0.5, 0.6) is 0 Å². The molecule has 0 aromatic rings. The van der Waals surface area contributed by atoms with Gasteiger partial charge in [0, 0.05) is 12.5 Å². The normalized spacial score (nSPS) is 30.2. The van der Waals surface area contributed by atoms with Crippen LogP contribution in [0.25, 0.3) is 0 Å². The molecule has 7 heteroatoms. The van der Waals surface area contributed by atoms with Crippen LogP contribution in [-0.2, 0) is 14.6 Å². The predicted octanol–water partition coefficient (Wildman–Crippen LogP) is 0.133. The van der Waals surface area contributed by atoms with E-state index in [9.17, 15) is 8.42 Å². The van der Waals surface area contributed by atoms with E-state index >= 15 is 0 Å². The Labute approximate surface area is 145 Å². The second-order valence-electron chi connectivity index (χ2n) is 7.28. The van der Waals surface area contributed by atoms with Gasteiger partial charge in [-0.05, 0) is 32.4 Å². The van der Waals surface area contributed by atoms with E-state index in [0.29, 0.717) is 26.1 Å². The third-order valence-corrected chi connectivity index (χ3v) is 8.22. The highest BCUT2D eigenvalue weighted by Crippen LogP contribution is 2.27. The molecule has 0 spiro atoms. The first kappa shape index (κ1) is 18.1. The molecule has 0 radical (unpaired) electrons. The van der Waals surface area contributed by atoms with Crippen molar-refractivity contribution in [1.29, 1.82) is 0 Å². The molecule has 2 unspecified atom stereocenters. The first-order valence-corrected chi connectivity index (χ1v) is 10.8. The smallest absolute Gasteiger partial charge is 0.287 e. The van der Waals surface area contributed by atoms with Crippen molar-refractivity contribution in [2.45, 2.75) is 68.0 Å². The van der Waals surface area contributed by atoms with Gasteiger partial charge in [0.1, 0.15) is 11.3 Å². The quantitative estimate of drug-likeness (QED) is 0.684. The molecule has 3 heterocycles. The summed E-state index contributed by atoms with van der Waals surface area (Å²) >= 11 is 0. The second kappa shape index (κ2) is 7.67. The lowest BCUT2D eigenvalue weighted by molar-refractivity contribution is 0.0407. The summed E-state index contributed by atoms with van der Waals surface area (Å²) in [5, 5.41) is -0.480. The molecule has 24 heavy (non-hydrogen) atoms. The number of hydrogen-bond acceptors (Lipinski definition) is 5. The Kier molecular flexibility index (Phi) is 5.78. The molecule has 2 N–H and O–H groups in total. The minimum absolute atomic E-state index is 0.0523. The lowest BCUT2D eigenvalue weighted by Crippen LogP contribution is -2.56. The zero-order valence-electron chi connectivity index (χ0n) is 14.6. The Morgan fingerprint density at radius 3 is 2.58 bits per heavy atom. The van der Waals surface area contributed by atoms with E-state index in [1.54, 1.807) is 0 Å². The number of nitrogens with zero attached hydrogens (tertiary/aromatic N) is 2. The van der Waals surface area contributed by atoms with Gasteiger partial charge in [0.25, 0.3) is 11.9 Å². The predicted molar refractivity (Wildman–Crippen MR) is 97.2 cm³/mol. The highest BCUT2D eigenvalue weighted by Gasteiger charge is 2.42. The van der Waals surface area contributed by atoms with Crippen molar-refractivity contribution in [1.82, 2.24) is 9.57 Å². The van der Waals surface area contributed by atoms with Gasteiger partial charge in [-0.2, -0.15) is 0 Å². The van der Waals surface area contributed by atoms with E-state index in [-0.39, 0.29) is 22.6 Å². The zero-order valence-corrected chi connectivity index (χ0v) is 15.4. The van der Waals surface area contributed by atoms with Crippen LogP contribution in [0.3, 0.4) is 0 Å². The molecule has 0 amide bonds. The molecule has 0 aromatic carbocycles. The van der Waals surface area contributed by atoms with Gasteiger partial charge in [-0.1, -0.05) is 13.3 Å². The summed E-state index contributed by atoms with van der Waals surface area (Å²) in [7, 11) is -3.03. The lowest BCUT2D eigenvalue weighted by atomic mass is 9.94. The van der Waals surface area contributed by atoms with Crippen LogP contribution in [0, 0.1) is 0 Å². The maximum absolute atomic E-state index is 12.5. The molecule has 2 saturated heterocycles. The van der Waals surface area contributed by atoms with E-state index in [1.807, 2.05) is 6.21 Å². The van der Waals surface area contributed by atoms with Crippen molar-refractivity contribution in [3.63, 3.8) is 0 Å². The summed E-state index contributed by atoms with van der Waals surface area (Å²) in [6.45, 7) is 4.56. The molecule has 2 fully saturated rings. The Bertz CT molecular complexity index is 601. The maximum atomic E-state index is 12.5. The van der Waals surface area contributed by atoms with Crippen molar-refractivity contribution in [2.75, 3.05) is 26.3 Å². The summed E-state index contributed by atoms with van der Waals surface area (Å²) in [6.07, 6.45) is 7.61. The summed E-state index contributed by atoms with van der Waals surface area (Å²) < 4.78 is 34.7. The summed E-state index contributed by atoms with van der Waals surface area (Å²) in [6, 6.07) is 0.216. The summed E-state index contributed by atoms with van der Waals surface area (Å²) in [4.78, 5) is 2.38. The number of rotatable bonds is 6. The van der Waals surface area contributed by atoms with E-state index < -0.39 is 9.84 Å². The van der Waals surface area contributed by atoms with Crippen molar-refractivity contribution in [3.05, 3.63) is 0 Å². The molecule has 3 rings (SSSR count). The Morgan fingerprint density at radius 1 is 1.29 bits per heavy atom. The molecule has 0 aromatic heterocycles. The minimum Gasteiger partial charge on any atom is -0.379 e. The number of hydrogen-bond donors (Lipinski definition) is 1. The molecule has 0 saturated carbocycles. The molecule has 3 aliphatic heterocycles. The molecular weight excluding hydrogens is 326 g/mol. The topological polar surface area (TPSA) is 86.7 Å². The maximum Gasteiger partial charge on any atom is 0.287 e. The van der Waals surface area contributed by atoms with E-state index in [2.05, 4.69) is 16.5 Å². The van der Waals surface area contributed by atoms with Crippen LogP contribution in [0.1, 0.15) is 45.4 Å². The molecule has 3 aliphatic rings. The van der Waals surface area contributed by atoms with Gasteiger partial charge in [0.15, 0.2) is 9.84 Å². The van der Waals surface area contributed by atoms with Crippen LogP contribution >= 0.6 is 0 Å². The number of sulfone groups is 1. The summed E-state index contributed by atoms with van der Waals surface area (Å²) in [5.41, 5.74) is 7.50. The fourth-order valence-electron chi connectivity index (χ4n) is 3.85. The van der Waals surface area contributed by atoms with Crippen LogP contribution < -0.4 is 10.4 Å². The van der Waals surface area contributed by atoms with E-state index in [1.165, 1.54) is 18.6 Å². The average molecular weight is 357 g/mol. The largest absolute Gasteiger partial charge is 0.379 e. The first-order chi connectivity index (χ1) is 11.5. The number of nitrogens with two attached hydrogens (primary N) is 1. The zero-order chi connectivity index (χ0) is 17.2. The molecule has 0 aliphatic carbocycles. The van der Waals surface area contributed by atoms with Gasteiger partial charge in [0.2, 0.25) is 0 Å². The van der Waals surface area contributed by atoms with Gasteiger partial charge in [-0.15, -0.1) is 4.67 Å². The molecular formula is C17H30N3O3S+. The van der Waals surface area contributed by atoms with Crippen LogP contribution in [0.2, 0.25) is 0 Å². The molecule has 136 valence electrons. The lowest BCUT2D eigenvalue weighted by Gasteiger charge is -2.39. The first-order valence-electron chi connectivity index (χ1n) is 9.21. The van der Waals surface area contributed by atoms with Gasteiger partial charge in [0.05, 0.1) is 24.9 Å². The third-order valence-electron chi connectivity index (χ3n) is 5.62. The van der Waals surface area contributed by atoms with E-state index in [4.69, 9.17) is 10.5 Å². The molecule has 6 nitrogen and oxygen atoms in total. The Morgan fingerprint density at radius 2 is 2.00 bits per heavy atom. The van der Waals surface area contributed by atoms with E-state index in [0.717, 1.165) is 25.9 Å². The highest BCUT2D eigenvalue weighted by molar-refractivity contribution is 7.92. The van der Waals surface area contributed by atoms with Crippen molar-refractivity contribution in [2.24, 2.45) is 5.73 Å². The standard InChI is InChI=1S/C17H30N3O3S/c1-2-3-4-13-9-17(16(18)10-19-13)20-7-5-14(6-8-20)24(21,22)15-11-23-12-15/h10,14-17H,2-9,11-12,18H2,1H3/q+1. The Balaban J connectivity index is 1.56. The third kappa shape index (κ3) is 3.75. The summed E-state index contributed by atoms with van der Waals surface area (Å²) in [5.74, 6) is 0. The number of likely N-dealkylation sites (tertiary alicyclic amines) is 1. The fraction of sp³-hybridized carbons (Fsp3) is 0.882. The minimum atomic E-state index is -3.03. The number of piperidine rings is 1. The van der Waals surface area contributed by atoms with Crippen molar-refractivity contribution < 1.29 is 13.2 Å². The average Bonchev–Trinajstić information content (AvgIpc) is 2.52. The van der Waals surface area contributed by atoms with Gasteiger partial charge in [-0.3, -0.25) is 4.90 Å². The molecule has 2 atom stereocenters. The van der Waals surface area contributed by atoms with Crippen LogP contribution in [-0.4, -0.2) is 74.1 Å². The van der Waals surface area contributed by atoms with Crippen LogP contribution in [0.15, 0.2) is 0 Å². The number of unbranched alkanes of at least 4 members (excludes halogenated alkanes) is 1. The SMILES string of the molecule is CCCCC1=[N+]=CC(N)C(N2CCC(S(=O)(=O)C3COC3)CC2)C1. The van der Waals surface area contributed by atoms with Gasteiger partial charge in [-0.25, -0.2) is 8.42 Å². The fourth-order valence-corrected chi connectivity index (χ4v) is 5.84. The highest BCUT2D eigenvalue weighted by atomic mass is 32.2. The monoisotopic (exact) mass is 356 g/mol. The second-order valence-corrected chi connectivity index (χ2v) is 9.79. The van der Waals surface area contributed by atoms with Crippen molar-refractivity contribution in [3.8, 4) is 0 Å². The van der Waals surface area contributed by atoms with Gasteiger partial charge >= 0.3 is 0 Å². The van der Waals surface area contributed by atoms with Crippen LogP contribution in [0.4, 0.5) is 0 Å². The Hall–Kier alpha value is -0.720. The number of ether oxygens (including phenoxy) is 1.